The number of hydrogen-bond acceptors (Lipinski definition) is 4. The minimum Gasteiger partial charge on any atom is -0.373 e. The molecule has 1 unspecified atom stereocenters. The zero-order chi connectivity index (χ0) is 15.8. The highest BCUT2D eigenvalue weighted by molar-refractivity contribution is 5.41. The highest BCUT2D eigenvalue weighted by Gasteiger charge is 2.14. The highest BCUT2D eigenvalue weighted by Crippen LogP contribution is 2.08. The van der Waals surface area contributed by atoms with Gasteiger partial charge in [-0.25, -0.2) is 4.68 Å². The molecule has 1 atom stereocenters. The minimum absolute atomic E-state index is 0.0283. The van der Waals surface area contributed by atoms with Gasteiger partial charge in [-0.05, 0) is 25.3 Å². The Kier molecular flexibility index (Phi) is 7.43. The van der Waals surface area contributed by atoms with Gasteiger partial charge in [0.05, 0.1) is 18.4 Å². The zero-order valence-corrected chi connectivity index (χ0v) is 14.1. The first-order chi connectivity index (χ1) is 9.99. The maximum atomic E-state index is 12.2. The molecule has 0 aliphatic rings. The van der Waals surface area contributed by atoms with E-state index in [0.717, 1.165) is 31.6 Å². The molecule has 0 amide bonds. The van der Waals surface area contributed by atoms with E-state index in [1.54, 1.807) is 16.9 Å². The molecule has 0 aromatic carbocycles. The van der Waals surface area contributed by atoms with Crippen LogP contribution in [0.2, 0.25) is 0 Å². The maximum absolute atomic E-state index is 12.2. The number of aromatic nitrogens is 2. The lowest BCUT2D eigenvalue weighted by Gasteiger charge is -2.23. The van der Waals surface area contributed by atoms with Crippen LogP contribution >= 0.6 is 0 Å². The van der Waals surface area contributed by atoms with E-state index in [2.05, 4.69) is 43.0 Å². The molecule has 0 fully saturated rings. The van der Waals surface area contributed by atoms with Gasteiger partial charge in [0.2, 0.25) is 0 Å². The molecule has 0 aliphatic heterocycles. The molecule has 0 saturated carbocycles. The molecule has 1 heterocycles. The summed E-state index contributed by atoms with van der Waals surface area (Å²) >= 11 is 0. The SMILES string of the molecule is CCCNC(Cn1ncc(N(C)CCC)cc1=O)C(C)C. The van der Waals surface area contributed by atoms with E-state index in [1.165, 1.54) is 0 Å². The van der Waals surface area contributed by atoms with Gasteiger partial charge in [0.25, 0.3) is 5.56 Å². The number of hydrogen-bond donors (Lipinski definition) is 1. The van der Waals surface area contributed by atoms with Crippen LogP contribution in [0.15, 0.2) is 17.1 Å². The number of nitrogens with zero attached hydrogens (tertiary/aromatic N) is 3. The average molecular weight is 294 g/mol. The lowest BCUT2D eigenvalue weighted by molar-refractivity contribution is 0.337. The second-order valence-corrected chi connectivity index (χ2v) is 5.96. The molecule has 5 heteroatoms. The van der Waals surface area contributed by atoms with Gasteiger partial charge in [0, 0.05) is 25.7 Å². The van der Waals surface area contributed by atoms with E-state index in [0.29, 0.717) is 12.5 Å². The number of rotatable bonds is 9. The smallest absolute Gasteiger partial charge is 0.268 e. The summed E-state index contributed by atoms with van der Waals surface area (Å²) in [5.74, 6) is 0.465. The third kappa shape index (κ3) is 5.50. The summed E-state index contributed by atoms with van der Waals surface area (Å²) in [6, 6.07) is 1.95. The Morgan fingerprint density at radius 3 is 2.57 bits per heavy atom. The van der Waals surface area contributed by atoms with Crippen molar-refractivity contribution < 1.29 is 0 Å². The van der Waals surface area contributed by atoms with Crippen LogP contribution in [0.3, 0.4) is 0 Å². The van der Waals surface area contributed by atoms with Gasteiger partial charge in [-0.1, -0.05) is 27.7 Å². The molecule has 0 saturated heterocycles. The first-order valence-electron chi connectivity index (χ1n) is 8.01. The normalized spacial score (nSPS) is 12.7. The molecule has 120 valence electrons. The van der Waals surface area contributed by atoms with Crippen molar-refractivity contribution in [2.24, 2.45) is 5.92 Å². The molecule has 0 spiro atoms. The van der Waals surface area contributed by atoms with Crippen LogP contribution in [0.4, 0.5) is 5.69 Å². The Morgan fingerprint density at radius 1 is 1.33 bits per heavy atom. The molecule has 1 rings (SSSR count). The second-order valence-electron chi connectivity index (χ2n) is 5.96. The molecule has 0 aliphatic carbocycles. The van der Waals surface area contributed by atoms with Gasteiger partial charge in [-0.2, -0.15) is 5.10 Å². The van der Waals surface area contributed by atoms with Crippen molar-refractivity contribution in [1.82, 2.24) is 15.1 Å². The van der Waals surface area contributed by atoms with Crippen LogP contribution in [-0.2, 0) is 6.54 Å². The fourth-order valence-electron chi connectivity index (χ4n) is 2.26. The Hall–Kier alpha value is -1.36. The van der Waals surface area contributed by atoms with Crippen molar-refractivity contribution in [2.45, 2.75) is 53.1 Å². The minimum atomic E-state index is -0.0283. The summed E-state index contributed by atoms with van der Waals surface area (Å²) in [7, 11) is 1.99. The van der Waals surface area contributed by atoms with Crippen molar-refractivity contribution in [3.05, 3.63) is 22.6 Å². The molecule has 1 aromatic rings. The highest BCUT2D eigenvalue weighted by atomic mass is 16.1. The predicted molar refractivity (Wildman–Crippen MR) is 89.0 cm³/mol. The molecule has 1 aromatic heterocycles. The van der Waals surface area contributed by atoms with Crippen LogP contribution in [-0.4, -0.2) is 36.0 Å². The van der Waals surface area contributed by atoms with Crippen LogP contribution < -0.4 is 15.8 Å². The quantitative estimate of drug-likeness (QED) is 0.758. The molecule has 5 nitrogen and oxygen atoms in total. The summed E-state index contributed by atoms with van der Waals surface area (Å²) in [5.41, 5.74) is 0.861. The van der Waals surface area contributed by atoms with Crippen LogP contribution in [0, 0.1) is 5.92 Å². The summed E-state index contributed by atoms with van der Waals surface area (Å²) in [6.45, 7) is 11.1. The fraction of sp³-hybridized carbons (Fsp3) is 0.750. The second kappa shape index (κ2) is 8.82. The van der Waals surface area contributed by atoms with Gasteiger partial charge in [-0.15, -0.1) is 0 Å². The lowest BCUT2D eigenvalue weighted by Crippen LogP contribution is -2.41. The van der Waals surface area contributed by atoms with Gasteiger partial charge in [0.15, 0.2) is 0 Å². The summed E-state index contributed by atoms with van der Waals surface area (Å²) < 4.78 is 1.57. The van der Waals surface area contributed by atoms with E-state index >= 15 is 0 Å². The first-order valence-corrected chi connectivity index (χ1v) is 8.01. The van der Waals surface area contributed by atoms with Crippen molar-refractivity contribution in [2.75, 3.05) is 25.0 Å². The van der Waals surface area contributed by atoms with E-state index in [9.17, 15) is 4.79 Å². The van der Waals surface area contributed by atoms with E-state index in [4.69, 9.17) is 0 Å². The third-order valence-corrected chi connectivity index (χ3v) is 3.69. The van der Waals surface area contributed by atoms with Crippen LogP contribution in [0.1, 0.15) is 40.5 Å². The molecular formula is C16H30N4O. The standard InChI is InChI=1S/C16H30N4O/c1-6-8-17-15(13(3)4)12-20-16(21)10-14(11-18-20)19(5)9-7-2/h10-11,13,15,17H,6-9,12H2,1-5H3. The van der Waals surface area contributed by atoms with Gasteiger partial charge in [-0.3, -0.25) is 4.79 Å². The predicted octanol–water partition coefficient (Wildman–Crippen LogP) is 2.11. The number of nitrogens with one attached hydrogen (secondary N) is 1. The van der Waals surface area contributed by atoms with Gasteiger partial charge < -0.3 is 10.2 Å². The van der Waals surface area contributed by atoms with Crippen molar-refractivity contribution in [3.8, 4) is 0 Å². The van der Waals surface area contributed by atoms with E-state index in [1.807, 2.05) is 7.05 Å². The molecule has 0 bridgehead atoms. The summed E-state index contributed by atoms with van der Waals surface area (Å²) in [6.07, 6.45) is 3.93. The Labute approximate surface area is 128 Å². The van der Waals surface area contributed by atoms with Crippen LogP contribution in [0.5, 0.6) is 0 Å². The van der Waals surface area contributed by atoms with Crippen molar-refractivity contribution in [3.63, 3.8) is 0 Å². The van der Waals surface area contributed by atoms with Crippen LogP contribution in [0.25, 0.3) is 0 Å². The molecular weight excluding hydrogens is 264 g/mol. The van der Waals surface area contributed by atoms with E-state index in [-0.39, 0.29) is 11.6 Å². The third-order valence-electron chi connectivity index (χ3n) is 3.69. The lowest BCUT2D eigenvalue weighted by atomic mass is 10.0. The number of anilines is 1. The summed E-state index contributed by atoms with van der Waals surface area (Å²) in [5, 5.41) is 7.83. The monoisotopic (exact) mass is 294 g/mol. The maximum Gasteiger partial charge on any atom is 0.268 e. The zero-order valence-electron chi connectivity index (χ0n) is 14.1. The van der Waals surface area contributed by atoms with E-state index < -0.39 is 0 Å². The first kappa shape index (κ1) is 17.7. The van der Waals surface area contributed by atoms with Gasteiger partial charge in [0.1, 0.15) is 0 Å². The summed E-state index contributed by atoms with van der Waals surface area (Å²) in [4.78, 5) is 14.3. The molecule has 1 N–H and O–H groups in total. The fourth-order valence-corrected chi connectivity index (χ4v) is 2.26. The topological polar surface area (TPSA) is 50.2 Å². The Morgan fingerprint density at radius 2 is 2.05 bits per heavy atom. The Balaban J connectivity index is 2.81. The largest absolute Gasteiger partial charge is 0.373 e. The molecule has 21 heavy (non-hydrogen) atoms. The van der Waals surface area contributed by atoms with Crippen molar-refractivity contribution >= 4 is 5.69 Å². The average Bonchev–Trinajstić information content (AvgIpc) is 2.44. The van der Waals surface area contributed by atoms with Crippen molar-refractivity contribution in [1.29, 1.82) is 0 Å². The van der Waals surface area contributed by atoms with Gasteiger partial charge >= 0.3 is 0 Å². The Bertz CT molecular complexity index is 470. The molecule has 0 radical (unpaired) electrons.